The van der Waals surface area contributed by atoms with Gasteiger partial charge < -0.3 is 0 Å². The highest BCUT2D eigenvalue weighted by atomic mass is 32.2. The summed E-state index contributed by atoms with van der Waals surface area (Å²) in [5.74, 6) is 0. The van der Waals surface area contributed by atoms with Crippen molar-refractivity contribution in [3.63, 3.8) is 0 Å². The summed E-state index contributed by atoms with van der Waals surface area (Å²) >= 11 is 0. The minimum absolute atomic E-state index is 0.264. The van der Waals surface area contributed by atoms with E-state index >= 15 is 0 Å². The third-order valence-corrected chi connectivity index (χ3v) is 8.17. The average molecular weight is 281 g/mol. The quantitative estimate of drug-likeness (QED) is 0.770. The second-order valence-electron chi connectivity index (χ2n) is 6.26. The molecule has 1 aliphatic heterocycles. The minimum atomic E-state index is -2.18. The summed E-state index contributed by atoms with van der Waals surface area (Å²) in [5, 5.41) is 0.264. The molecule has 1 aliphatic rings. The van der Waals surface area contributed by atoms with E-state index in [1.807, 2.05) is 30.3 Å². The van der Waals surface area contributed by atoms with E-state index in [-0.39, 0.29) is 5.25 Å². The molecule has 1 heterocycles. The van der Waals surface area contributed by atoms with Gasteiger partial charge in [0.05, 0.1) is 9.73 Å². The monoisotopic (exact) mass is 281 g/mol. The highest BCUT2D eigenvalue weighted by Crippen LogP contribution is 2.31. The lowest BCUT2D eigenvalue weighted by molar-refractivity contribution is 0.627. The van der Waals surface area contributed by atoms with Crippen molar-refractivity contribution in [3.8, 4) is 0 Å². The van der Waals surface area contributed by atoms with E-state index in [9.17, 15) is 4.21 Å². The van der Waals surface area contributed by atoms with Crippen LogP contribution in [0.4, 0.5) is 0 Å². The van der Waals surface area contributed by atoms with Gasteiger partial charge in [-0.1, -0.05) is 37.8 Å². The molecule has 100 valence electrons. The Bertz CT molecular complexity index is 512. The molecule has 0 saturated carbocycles. The average Bonchev–Trinajstić information content (AvgIpc) is 2.32. The van der Waals surface area contributed by atoms with Crippen molar-refractivity contribution in [1.82, 2.24) is 0 Å². The van der Waals surface area contributed by atoms with Crippen molar-refractivity contribution in [2.75, 3.05) is 6.54 Å². The van der Waals surface area contributed by atoms with Gasteiger partial charge in [0.15, 0.2) is 0 Å². The molecule has 0 amide bonds. The van der Waals surface area contributed by atoms with Crippen LogP contribution >= 0.6 is 0 Å². The van der Waals surface area contributed by atoms with Gasteiger partial charge in [0, 0.05) is 24.8 Å². The van der Waals surface area contributed by atoms with Gasteiger partial charge in [0.1, 0.15) is 0 Å². The van der Waals surface area contributed by atoms with Crippen LogP contribution in [0, 0.1) is 0 Å². The summed E-state index contributed by atoms with van der Waals surface area (Å²) in [4.78, 5) is 0.938. The Kier molecular flexibility index (Phi) is 3.97. The van der Waals surface area contributed by atoms with Gasteiger partial charge in [-0.2, -0.15) is 0 Å². The smallest absolute Gasteiger partial charge is 0.0778 e. The van der Waals surface area contributed by atoms with Crippen LogP contribution < -0.4 is 0 Å². The topological polar surface area (TPSA) is 29.4 Å². The first-order valence-corrected chi connectivity index (χ1v) is 12.0. The predicted octanol–water partition coefficient (Wildman–Crippen LogP) is 4.01. The van der Waals surface area contributed by atoms with Crippen LogP contribution in [-0.2, 0) is 9.73 Å². The normalized spacial score (nSPS) is 28.7. The third kappa shape index (κ3) is 3.04. The Hall–Kier alpha value is -0.613. The van der Waals surface area contributed by atoms with E-state index in [0.717, 1.165) is 30.3 Å². The highest BCUT2D eigenvalue weighted by Gasteiger charge is 2.31. The minimum Gasteiger partial charge on any atom is -0.244 e. The molecule has 0 aliphatic carbocycles. The van der Waals surface area contributed by atoms with Crippen LogP contribution in [0.15, 0.2) is 39.6 Å². The number of rotatable bonds is 3. The van der Waals surface area contributed by atoms with Crippen molar-refractivity contribution in [2.45, 2.75) is 48.7 Å². The van der Waals surface area contributed by atoms with E-state index in [1.165, 1.54) is 0 Å². The molecule has 4 heteroatoms. The summed E-state index contributed by atoms with van der Waals surface area (Å²) in [5.41, 5.74) is 0. The largest absolute Gasteiger partial charge is 0.244 e. The number of benzene rings is 1. The predicted molar refractivity (Wildman–Crippen MR) is 81.3 cm³/mol. The molecular formula is C14H23NOSSi. The summed E-state index contributed by atoms with van der Waals surface area (Å²) in [6.45, 7) is 7.82. The molecule has 18 heavy (non-hydrogen) atoms. The lowest BCUT2D eigenvalue weighted by Gasteiger charge is -2.30. The summed E-state index contributed by atoms with van der Waals surface area (Å²) in [6, 6.07) is 11.0. The Balaban J connectivity index is 2.39. The Labute approximate surface area is 112 Å². The standard InChI is InChI=1S/C14H23NOSSi/c1-18(2,3)12-14-10-7-11-15-17(14,16)13-8-5-4-6-9-13/h4-6,8-9,14H,7,10-12H2,1-3H3/t14-,17+/m0/s1. The van der Waals surface area contributed by atoms with Crippen LogP contribution in [0.1, 0.15) is 12.8 Å². The van der Waals surface area contributed by atoms with Gasteiger partial charge in [-0.25, -0.2) is 8.57 Å². The highest BCUT2D eigenvalue weighted by molar-refractivity contribution is 7.94. The van der Waals surface area contributed by atoms with E-state index in [1.54, 1.807) is 0 Å². The van der Waals surface area contributed by atoms with Crippen molar-refractivity contribution >= 4 is 17.8 Å². The van der Waals surface area contributed by atoms with E-state index in [4.69, 9.17) is 0 Å². The number of nitrogens with zero attached hydrogens (tertiary/aromatic N) is 1. The Morgan fingerprint density at radius 1 is 1.28 bits per heavy atom. The molecule has 2 atom stereocenters. The van der Waals surface area contributed by atoms with Crippen molar-refractivity contribution in [2.24, 2.45) is 4.36 Å². The molecule has 1 aromatic carbocycles. The maximum atomic E-state index is 13.3. The molecule has 0 unspecified atom stereocenters. The summed E-state index contributed by atoms with van der Waals surface area (Å²) in [7, 11) is -3.39. The first-order chi connectivity index (χ1) is 8.42. The molecule has 0 N–H and O–H groups in total. The van der Waals surface area contributed by atoms with Crippen molar-refractivity contribution < 1.29 is 4.21 Å². The van der Waals surface area contributed by atoms with Gasteiger partial charge in [-0.15, -0.1) is 0 Å². The molecule has 0 aromatic heterocycles. The Morgan fingerprint density at radius 2 is 1.94 bits per heavy atom. The molecule has 0 spiro atoms. The second-order valence-corrected chi connectivity index (χ2v) is 14.3. The summed E-state index contributed by atoms with van der Waals surface area (Å²) < 4.78 is 17.8. The fourth-order valence-electron chi connectivity index (χ4n) is 2.56. The zero-order chi connectivity index (χ0) is 13.2. The lowest BCUT2D eigenvalue weighted by Crippen LogP contribution is -2.34. The van der Waals surface area contributed by atoms with Gasteiger partial charge in [0.2, 0.25) is 0 Å². The van der Waals surface area contributed by atoms with Crippen LogP contribution in [0.2, 0.25) is 25.7 Å². The van der Waals surface area contributed by atoms with E-state index in [0.29, 0.717) is 0 Å². The lowest BCUT2D eigenvalue weighted by atomic mass is 10.2. The molecular weight excluding hydrogens is 258 g/mol. The van der Waals surface area contributed by atoms with Gasteiger partial charge in [-0.05, 0) is 31.0 Å². The maximum absolute atomic E-state index is 13.3. The van der Waals surface area contributed by atoms with Gasteiger partial charge in [-0.3, -0.25) is 0 Å². The number of hydrogen-bond acceptors (Lipinski definition) is 2. The van der Waals surface area contributed by atoms with Gasteiger partial charge >= 0.3 is 0 Å². The fourth-order valence-corrected chi connectivity index (χ4v) is 8.72. The molecule has 1 aromatic rings. The number of hydrogen-bond donors (Lipinski definition) is 0. The van der Waals surface area contributed by atoms with E-state index < -0.39 is 17.8 Å². The SMILES string of the molecule is C[Si](C)(C)C[C@@H]1CCCN=[S@@]1(=O)c1ccccc1. The first-order valence-electron chi connectivity index (χ1n) is 6.69. The second kappa shape index (κ2) is 5.17. The first kappa shape index (κ1) is 13.8. The molecule has 0 radical (unpaired) electrons. The molecule has 2 rings (SSSR count). The van der Waals surface area contributed by atoms with Crippen LogP contribution in [0.5, 0.6) is 0 Å². The molecule has 0 fully saturated rings. The van der Waals surface area contributed by atoms with Gasteiger partial charge in [0.25, 0.3) is 0 Å². The van der Waals surface area contributed by atoms with E-state index in [2.05, 4.69) is 24.0 Å². The zero-order valence-electron chi connectivity index (χ0n) is 11.6. The van der Waals surface area contributed by atoms with Crippen LogP contribution in [0.25, 0.3) is 0 Å². The van der Waals surface area contributed by atoms with Crippen molar-refractivity contribution in [1.29, 1.82) is 0 Å². The summed E-state index contributed by atoms with van der Waals surface area (Å²) in [6.07, 6.45) is 2.17. The Morgan fingerprint density at radius 3 is 2.56 bits per heavy atom. The van der Waals surface area contributed by atoms with Crippen molar-refractivity contribution in [3.05, 3.63) is 30.3 Å². The maximum Gasteiger partial charge on any atom is 0.0778 e. The molecule has 2 nitrogen and oxygen atoms in total. The van der Waals surface area contributed by atoms with Crippen LogP contribution in [-0.4, -0.2) is 24.1 Å². The third-order valence-electron chi connectivity index (χ3n) is 3.34. The zero-order valence-corrected chi connectivity index (χ0v) is 13.4. The molecule has 0 saturated heterocycles. The van der Waals surface area contributed by atoms with Crippen LogP contribution in [0.3, 0.4) is 0 Å². The molecule has 0 bridgehead atoms. The fraction of sp³-hybridized carbons (Fsp3) is 0.571.